The molecule has 17 nitrogen and oxygen atoms in total. The van der Waals surface area contributed by atoms with Gasteiger partial charge in [0.1, 0.15) is 31.6 Å². The van der Waals surface area contributed by atoms with Crippen LogP contribution in [0, 0.1) is 0 Å². The molecule has 2 aromatic heterocycles. The Labute approximate surface area is 229 Å². The number of carbonyl (C=O) groups is 2. The van der Waals surface area contributed by atoms with Gasteiger partial charge >= 0.3 is 12.2 Å². The summed E-state index contributed by atoms with van der Waals surface area (Å²) in [5.74, 6) is -0.378. The summed E-state index contributed by atoms with van der Waals surface area (Å²) in [6.07, 6.45) is 9.62. The smallest absolute Gasteiger partial charge is 0.407 e. The predicted molar refractivity (Wildman–Crippen MR) is 141 cm³/mol. The van der Waals surface area contributed by atoms with Gasteiger partial charge in [0.2, 0.25) is 5.95 Å². The van der Waals surface area contributed by atoms with Gasteiger partial charge in [0, 0.05) is 21.9 Å². The molecule has 0 radical (unpaired) electrons. The standard InChI is InChI=1S/C23H32N12O5/c24-33-31-19-18-20(30-21(29-19)32-34-25)35(13-26-18)14-40-17(11-38-22(36)27-15-7-3-1-4-8-15)12-39-23(37)28-16-9-5-2-6-10-16/h13,15-17H,1-12,14H2,(H,27,36)(H,28,37). The molecule has 0 aromatic carbocycles. The van der Waals surface area contributed by atoms with E-state index in [4.69, 9.17) is 25.3 Å². The number of hydrogen-bond acceptors (Lipinski definition) is 10. The lowest BCUT2D eigenvalue weighted by Crippen LogP contribution is -2.40. The van der Waals surface area contributed by atoms with Crippen molar-refractivity contribution in [2.45, 2.75) is 89.1 Å². The predicted octanol–water partition coefficient (Wildman–Crippen LogP) is 5.17. The summed E-state index contributed by atoms with van der Waals surface area (Å²) in [5, 5.41) is 12.6. The maximum atomic E-state index is 12.4. The molecule has 2 aromatic rings. The molecule has 2 aliphatic carbocycles. The third-order valence-electron chi connectivity index (χ3n) is 6.81. The van der Waals surface area contributed by atoms with Crippen LogP contribution in [0.1, 0.15) is 64.2 Å². The van der Waals surface area contributed by atoms with Crippen molar-refractivity contribution in [2.75, 3.05) is 13.2 Å². The van der Waals surface area contributed by atoms with E-state index in [1.807, 2.05) is 0 Å². The third kappa shape index (κ3) is 8.33. The lowest BCUT2D eigenvalue weighted by Gasteiger charge is -2.24. The number of rotatable bonds is 11. The first kappa shape index (κ1) is 28.7. The zero-order valence-electron chi connectivity index (χ0n) is 22.0. The van der Waals surface area contributed by atoms with Gasteiger partial charge < -0.3 is 24.8 Å². The molecule has 0 unspecified atom stereocenters. The van der Waals surface area contributed by atoms with Gasteiger partial charge in [-0.3, -0.25) is 4.57 Å². The van der Waals surface area contributed by atoms with E-state index in [1.54, 1.807) is 0 Å². The summed E-state index contributed by atoms with van der Waals surface area (Å²) in [5.41, 5.74) is 18.0. The Hall–Kier alpha value is -4.33. The molecule has 2 amide bonds. The van der Waals surface area contributed by atoms with Crippen LogP contribution in [0.25, 0.3) is 32.0 Å². The van der Waals surface area contributed by atoms with Crippen molar-refractivity contribution in [1.29, 1.82) is 0 Å². The van der Waals surface area contributed by atoms with Gasteiger partial charge in [-0.1, -0.05) is 38.5 Å². The van der Waals surface area contributed by atoms with Crippen molar-refractivity contribution in [3.63, 3.8) is 0 Å². The molecule has 2 fully saturated rings. The first-order valence-corrected chi connectivity index (χ1v) is 13.4. The minimum Gasteiger partial charge on any atom is -0.447 e. The Morgan fingerprint density at radius 1 is 0.925 bits per heavy atom. The molecule has 2 heterocycles. The minimum atomic E-state index is -0.818. The van der Waals surface area contributed by atoms with E-state index in [2.05, 4.69) is 45.6 Å². The number of nitrogens with zero attached hydrogens (tertiary/aromatic N) is 10. The van der Waals surface area contributed by atoms with E-state index < -0.39 is 18.3 Å². The molecule has 0 aliphatic heterocycles. The summed E-state index contributed by atoms with van der Waals surface area (Å²) in [6, 6.07) is 0.149. The average Bonchev–Trinajstić information content (AvgIpc) is 3.37. The van der Waals surface area contributed by atoms with Crippen LogP contribution in [-0.2, 0) is 20.9 Å². The molecule has 214 valence electrons. The van der Waals surface area contributed by atoms with Gasteiger partial charge in [0.05, 0.1) is 6.33 Å². The number of alkyl carbamates (subject to hydrolysis) is 2. The maximum Gasteiger partial charge on any atom is 0.407 e. The van der Waals surface area contributed by atoms with Gasteiger partial charge in [-0.2, -0.15) is 0 Å². The van der Waals surface area contributed by atoms with E-state index in [-0.39, 0.29) is 55.0 Å². The average molecular weight is 557 g/mol. The molecule has 0 saturated heterocycles. The largest absolute Gasteiger partial charge is 0.447 e. The normalized spacial score (nSPS) is 16.1. The SMILES string of the molecule is [N-]=[N+]=Nc1nc(N=[N+]=[N-])c2ncn(COC(COC(=O)NC3CCCCC3)COC(=O)NC3CCCCC3)c2n1. The van der Waals surface area contributed by atoms with Gasteiger partial charge in [-0.05, 0) is 47.0 Å². The minimum absolute atomic E-state index is 0.0747. The van der Waals surface area contributed by atoms with Crippen molar-refractivity contribution >= 4 is 35.1 Å². The Morgan fingerprint density at radius 3 is 2.05 bits per heavy atom. The molecule has 4 rings (SSSR count). The lowest BCUT2D eigenvalue weighted by molar-refractivity contribution is -0.0551. The van der Waals surface area contributed by atoms with Crippen LogP contribution in [0.4, 0.5) is 21.4 Å². The molecule has 2 N–H and O–H groups in total. The Balaban J connectivity index is 1.40. The first-order chi connectivity index (χ1) is 19.6. The van der Waals surface area contributed by atoms with Crippen LogP contribution < -0.4 is 10.6 Å². The van der Waals surface area contributed by atoms with Crippen molar-refractivity contribution in [2.24, 2.45) is 10.2 Å². The van der Waals surface area contributed by atoms with Crippen molar-refractivity contribution in [3.8, 4) is 0 Å². The van der Waals surface area contributed by atoms with Crippen LogP contribution in [0.5, 0.6) is 0 Å². The fourth-order valence-electron chi connectivity index (χ4n) is 4.79. The fourth-order valence-corrected chi connectivity index (χ4v) is 4.79. The third-order valence-corrected chi connectivity index (χ3v) is 6.81. The Bertz CT molecular complexity index is 1220. The summed E-state index contributed by atoms with van der Waals surface area (Å²) in [7, 11) is 0. The zero-order chi connectivity index (χ0) is 28.2. The Morgan fingerprint density at radius 2 is 1.50 bits per heavy atom. The number of fused-ring (bicyclic) bond motifs is 1. The van der Waals surface area contributed by atoms with Crippen LogP contribution in [0.3, 0.4) is 0 Å². The van der Waals surface area contributed by atoms with E-state index >= 15 is 0 Å². The van der Waals surface area contributed by atoms with Crippen LogP contribution in [-0.4, -0.2) is 63.1 Å². The molecule has 0 bridgehead atoms. The second-order valence-electron chi connectivity index (χ2n) is 9.69. The second-order valence-corrected chi connectivity index (χ2v) is 9.69. The number of carbonyl (C=O) groups excluding carboxylic acids is 2. The van der Waals surface area contributed by atoms with Gasteiger partial charge in [-0.15, -0.1) is 0 Å². The van der Waals surface area contributed by atoms with Crippen LogP contribution >= 0.6 is 0 Å². The van der Waals surface area contributed by atoms with Crippen molar-refractivity contribution in [3.05, 3.63) is 27.2 Å². The zero-order valence-corrected chi connectivity index (χ0v) is 22.0. The number of azide groups is 2. The highest BCUT2D eigenvalue weighted by Crippen LogP contribution is 2.25. The van der Waals surface area contributed by atoms with E-state index in [9.17, 15) is 9.59 Å². The van der Waals surface area contributed by atoms with Gasteiger partial charge in [-0.25, -0.2) is 24.5 Å². The molecular weight excluding hydrogens is 524 g/mol. The van der Waals surface area contributed by atoms with Gasteiger partial charge in [0.15, 0.2) is 11.5 Å². The van der Waals surface area contributed by atoms with Crippen molar-refractivity contribution < 1.29 is 23.8 Å². The number of nitrogens with one attached hydrogen (secondary N) is 2. The summed E-state index contributed by atoms with van der Waals surface area (Å²) in [4.78, 5) is 42.4. The molecule has 0 atom stereocenters. The maximum absolute atomic E-state index is 12.4. The summed E-state index contributed by atoms with van der Waals surface area (Å²) < 4.78 is 18.2. The molecular formula is C23H32N12O5. The number of ether oxygens (including phenoxy) is 3. The molecule has 0 spiro atoms. The van der Waals surface area contributed by atoms with Crippen LogP contribution in [0.15, 0.2) is 16.6 Å². The van der Waals surface area contributed by atoms with Gasteiger partial charge in [0.25, 0.3) is 0 Å². The highest BCUT2D eigenvalue weighted by Gasteiger charge is 2.22. The van der Waals surface area contributed by atoms with Crippen molar-refractivity contribution in [1.82, 2.24) is 30.2 Å². The quantitative estimate of drug-likeness (QED) is 0.212. The Kier molecular flexibility index (Phi) is 10.6. The topological polar surface area (TPSA) is 227 Å². The molecule has 17 heteroatoms. The number of amides is 2. The summed E-state index contributed by atoms with van der Waals surface area (Å²) in [6.45, 7) is -0.500. The molecule has 2 aliphatic rings. The fraction of sp³-hybridized carbons (Fsp3) is 0.696. The summed E-state index contributed by atoms with van der Waals surface area (Å²) >= 11 is 0. The number of hydrogen-bond donors (Lipinski definition) is 2. The molecule has 40 heavy (non-hydrogen) atoms. The highest BCUT2D eigenvalue weighted by atomic mass is 16.6. The van der Waals surface area contributed by atoms with E-state index in [0.29, 0.717) is 0 Å². The number of imidazole rings is 1. The van der Waals surface area contributed by atoms with E-state index in [1.165, 1.54) is 10.9 Å². The highest BCUT2D eigenvalue weighted by molar-refractivity contribution is 5.82. The molecule has 2 saturated carbocycles. The van der Waals surface area contributed by atoms with Crippen LogP contribution in [0.2, 0.25) is 0 Å². The monoisotopic (exact) mass is 556 g/mol. The lowest BCUT2D eigenvalue weighted by atomic mass is 9.96. The first-order valence-electron chi connectivity index (χ1n) is 13.4. The second kappa shape index (κ2) is 14.7. The van der Waals surface area contributed by atoms with E-state index in [0.717, 1.165) is 64.2 Å². The number of aromatic nitrogens is 4.